The topological polar surface area (TPSA) is 81.4 Å². The maximum absolute atomic E-state index is 12.3. The molecule has 1 heterocycles. The zero-order valence-corrected chi connectivity index (χ0v) is 15.1. The van der Waals surface area contributed by atoms with Crippen molar-refractivity contribution in [3.8, 4) is 5.75 Å². The second kappa shape index (κ2) is 8.30. The first-order valence-corrected chi connectivity index (χ1v) is 9.56. The van der Waals surface area contributed by atoms with E-state index in [4.69, 9.17) is 9.15 Å². The Balaban J connectivity index is 1.93. The van der Waals surface area contributed by atoms with Crippen LogP contribution >= 0.6 is 0 Å². The van der Waals surface area contributed by atoms with Gasteiger partial charge in [-0.2, -0.15) is 0 Å². The first kappa shape index (κ1) is 18.5. The molecule has 2 aromatic rings. The zero-order valence-electron chi connectivity index (χ0n) is 14.3. The van der Waals surface area contributed by atoms with Crippen molar-refractivity contribution in [3.05, 3.63) is 41.6 Å². The molecule has 0 aliphatic heterocycles. The molecular formula is C17H24N2O4S. The summed E-state index contributed by atoms with van der Waals surface area (Å²) in [5.74, 6) is 1.71. The normalized spacial score (nSPS) is 11.6. The Morgan fingerprint density at radius 2 is 1.88 bits per heavy atom. The molecule has 0 bridgehead atoms. The van der Waals surface area contributed by atoms with Crippen molar-refractivity contribution in [1.82, 2.24) is 9.71 Å². The Morgan fingerprint density at radius 3 is 2.46 bits per heavy atom. The highest BCUT2D eigenvalue weighted by atomic mass is 32.2. The first-order valence-electron chi connectivity index (χ1n) is 8.08. The Morgan fingerprint density at radius 1 is 1.17 bits per heavy atom. The van der Waals surface area contributed by atoms with Gasteiger partial charge in [0.15, 0.2) is 0 Å². The predicted molar refractivity (Wildman–Crippen MR) is 91.5 cm³/mol. The van der Waals surface area contributed by atoms with Crippen molar-refractivity contribution in [2.75, 3.05) is 6.61 Å². The van der Waals surface area contributed by atoms with E-state index in [0.717, 1.165) is 25.0 Å². The van der Waals surface area contributed by atoms with Gasteiger partial charge in [-0.3, -0.25) is 0 Å². The van der Waals surface area contributed by atoms with E-state index < -0.39 is 10.0 Å². The standard InChI is InChI=1S/C17H24N2O4S/c1-4-5-6-11-22-15-7-9-16(10-8-15)24(20,21)18-12-17-19-13(2)14(3)23-17/h7-10,18H,4-6,11-12H2,1-3H3. The van der Waals surface area contributed by atoms with Crippen LogP contribution in [-0.4, -0.2) is 20.0 Å². The summed E-state index contributed by atoms with van der Waals surface area (Å²) < 4.78 is 38.0. The summed E-state index contributed by atoms with van der Waals surface area (Å²) in [6.45, 7) is 6.40. The van der Waals surface area contributed by atoms with Crippen LogP contribution in [0.2, 0.25) is 0 Å². The fourth-order valence-corrected chi connectivity index (χ4v) is 3.09. The molecule has 0 spiro atoms. The lowest BCUT2D eigenvalue weighted by molar-refractivity contribution is 0.306. The number of sulfonamides is 1. The van der Waals surface area contributed by atoms with Gasteiger partial charge in [-0.15, -0.1) is 0 Å². The summed E-state index contributed by atoms with van der Waals surface area (Å²) in [5.41, 5.74) is 0.758. The van der Waals surface area contributed by atoms with E-state index in [0.29, 0.717) is 24.0 Å². The van der Waals surface area contributed by atoms with Gasteiger partial charge in [0.1, 0.15) is 11.5 Å². The maximum atomic E-state index is 12.3. The fourth-order valence-electron chi connectivity index (χ4n) is 2.11. The van der Waals surface area contributed by atoms with Crippen LogP contribution in [0, 0.1) is 13.8 Å². The number of benzene rings is 1. The molecule has 132 valence electrons. The number of rotatable bonds is 9. The minimum atomic E-state index is -3.61. The monoisotopic (exact) mass is 352 g/mol. The Hall–Kier alpha value is -1.86. The van der Waals surface area contributed by atoms with Crippen LogP contribution in [0.1, 0.15) is 43.5 Å². The molecule has 0 atom stereocenters. The van der Waals surface area contributed by atoms with Crippen LogP contribution in [0.3, 0.4) is 0 Å². The van der Waals surface area contributed by atoms with Gasteiger partial charge in [0.25, 0.3) is 0 Å². The third-order valence-electron chi connectivity index (χ3n) is 3.64. The van der Waals surface area contributed by atoms with E-state index >= 15 is 0 Å². The largest absolute Gasteiger partial charge is 0.494 e. The first-order chi connectivity index (χ1) is 11.4. The second-order valence-electron chi connectivity index (χ2n) is 5.60. The van der Waals surface area contributed by atoms with Crippen LogP contribution in [0.4, 0.5) is 0 Å². The highest BCUT2D eigenvalue weighted by molar-refractivity contribution is 7.89. The van der Waals surface area contributed by atoms with E-state index in [1.165, 1.54) is 12.1 Å². The third kappa shape index (κ3) is 5.07. The van der Waals surface area contributed by atoms with Crippen LogP contribution in [-0.2, 0) is 16.6 Å². The quantitative estimate of drug-likeness (QED) is 0.700. The molecule has 6 nitrogen and oxygen atoms in total. The molecule has 0 fully saturated rings. The number of hydrogen-bond acceptors (Lipinski definition) is 5. The van der Waals surface area contributed by atoms with Crippen LogP contribution in [0.5, 0.6) is 5.75 Å². The van der Waals surface area contributed by atoms with Crippen molar-refractivity contribution in [2.24, 2.45) is 0 Å². The Kier molecular flexibility index (Phi) is 6.39. The van der Waals surface area contributed by atoms with Gasteiger partial charge < -0.3 is 9.15 Å². The zero-order chi connectivity index (χ0) is 17.6. The number of unbranched alkanes of at least 4 members (excludes halogenated alkanes) is 2. The summed E-state index contributed by atoms with van der Waals surface area (Å²) >= 11 is 0. The summed E-state index contributed by atoms with van der Waals surface area (Å²) in [5, 5.41) is 0. The molecule has 1 aromatic heterocycles. The molecular weight excluding hydrogens is 328 g/mol. The fraction of sp³-hybridized carbons (Fsp3) is 0.471. The number of nitrogens with zero attached hydrogens (tertiary/aromatic N) is 1. The smallest absolute Gasteiger partial charge is 0.241 e. The number of nitrogens with one attached hydrogen (secondary N) is 1. The molecule has 0 radical (unpaired) electrons. The van der Waals surface area contributed by atoms with Crippen LogP contribution in [0.15, 0.2) is 33.6 Å². The van der Waals surface area contributed by atoms with E-state index in [9.17, 15) is 8.42 Å². The molecule has 2 rings (SSSR count). The van der Waals surface area contributed by atoms with E-state index in [1.54, 1.807) is 19.1 Å². The van der Waals surface area contributed by atoms with Gasteiger partial charge in [-0.25, -0.2) is 18.1 Å². The van der Waals surface area contributed by atoms with Crippen molar-refractivity contribution in [1.29, 1.82) is 0 Å². The average molecular weight is 352 g/mol. The number of hydrogen-bond donors (Lipinski definition) is 1. The van der Waals surface area contributed by atoms with Gasteiger partial charge in [-0.05, 0) is 44.5 Å². The summed E-state index contributed by atoms with van der Waals surface area (Å²) in [6.07, 6.45) is 3.25. The highest BCUT2D eigenvalue weighted by Crippen LogP contribution is 2.17. The van der Waals surface area contributed by atoms with E-state index in [2.05, 4.69) is 16.6 Å². The molecule has 0 amide bonds. The Bertz CT molecular complexity index is 732. The highest BCUT2D eigenvalue weighted by Gasteiger charge is 2.15. The predicted octanol–water partition coefficient (Wildman–Crippen LogP) is 3.34. The van der Waals surface area contributed by atoms with Crippen molar-refractivity contribution in [3.63, 3.8) is 0 Å². The van der Waals surface area contributed by atoms with Crippen molar-refractivity contribution in [2.45, 2.75) is 51.5 Å². The molecule has 1 aromatic carbocycles. The minimum Gasteiger partial charge on any atom is -0.494 e. The van der Waals surface area contributed by atoms with Crippen LogP contribution < -0.4 is 9.46 Å². The molecule has 1 N–H and O–H groups in total. The third-order valence-corrected chi connectivity index (χ3v) is 5.05. The lowest BCUT2D eigenvalue weighted by atomic mass is 10.3. The van der Waals surface area contributed by atoms with E-state index in [-0.39, 0.29) is 11.4 Å². The lowest BCUT2D eigenvalue weighted by Gasteiger charge is -2.08. The number of oxazole rings is 1. The van der Waals surface area contributed by atoms with Gasteiger partial charge in [0, 0.05) is 0 Å². The molecule has 0 aliphatic rings. The molecule has 24 heavy (non-hydrogen) atoms. The molecule has 0 unspecified atom stereocenters. The average Bonchev–Trinajstić information content (AvgIpc) is 2.89. The molecule has 0 aliphatic carbocycles. The van der Waals surface area contributed by atoms with Gasteiger partial charge in [-0.1, -0.05) is 19.8 Å². The summed E-state index contributed by atoms with van der Waals surface area (Å²) in [4.78, 5) is 4.34. The number of aromatic nitrogens is 1. The molecule has 0 saturated carbocycles. The van der Waals surface area contributed by atoms with Crippen molar-refractivity contribution < 1.29 is 17.6 Å². The lowest BCUT2D eigenvalue weighted by Crippen LogP contribution is -2.23. The van der Waals surface area contributed by atoms with E-state index in [1.807, 2.05) is 6.92 Å². The maximum Gasteiger partial charge on any atom is 0.241 e. The number of ether oxygens (including phenoxy) is 1. The van der Waals surface area contributed by atoms with Gasteiger partial charge >= 0.3 is 0 Å². The van der Waals surface area contributed by atoms with Gasteiger partial charge in [0.05, 0.1) is 23.7 Å². The molecule has 7 heteroatoms. The van der Waals surface area contributed by atoms with Crippen molar-refractivity contribution >= 4 is 10.0 Å². The summed E-state index contributed by atoms with van der Waals surface area (Å²) in [7, 11) is -3.61. The van der Waals surface area contributed by atoms with Crippen LogP contribution in [0.25, 0.3) is 0 Å². The van der Waals surface area contributed by atoms with Gasteiger partial charge in [0.2, 0.25) is 15.9 Å². The number of aryl methyl sites for hydroxylation is 2. The summed E-state index contributed by atoms with van der Waals surface area (Å²) in [6, 6.07) is 6.40. The SMILES string of the molecule is CCCCCOc1ccc(S(=O)(=O)NCc2nc(C)c(C)o2)cc1. The molecule has 0 saturated heterocycles. The minimum absolute atomic E-state index is 0.0201. The Labute approximate surface area is 143 Å². The second-order valence-corrected chi connectivity index (χ2v) is 7.37.